The first kappa shape index (κ1) is 19.6. The average Bonchev–Trinajstić information content (AvgIpc) is 2.92. The Morgan fingerprint density at radius 1 is 1.00 bits per heavy atom. The van der Waals surface area contributed by atoms with Gasteiger partial charge in [-0.15, -0.1) is 11.8 Å². The molecule has 2 aliphatic rings. The second-order valence-corrected chi connectivity index (χ2v) is 11.3. The third-order valence-electron chi connectivity index (χ3n) is 7.01. The van der Waals surface area contributed by atoms with E-state index in [2.05, 4.69) is 75.1 Å². The monoisotopic (exact) mass is 413 g/mol. The van der Waals surface area contributed by atoms with Crippen molar-refractivity contribution in [2.45, 2.75) is 60.5 Å². The summed E-state index contributed by atoms with van der Waals surface area (Å²) in [5.41, 5.74) is 3.72. The molecule has 3 heteroatoms. The van der Waals surface area contributed by atoms with E-state index in [1.54, 1.807) is 0 Å². The third kappa shape index (κ3) is 2.58. The molecule has 30 heavy (non-hydrogen) atoms. The van der Waals surface area contributed by atoms with Gasteiger partial charge in [0.2, 0.25) is 0 Å². The highest BCUT2D eigenvalue weighted by Gasteiger charge is 2.72. The second kappa shape index (κ2) is 6.55. The summed E-state index contributed by atoms with van der Waals surface area (Å²) in [6.45, 7) is 8.87. The van der Waals surface area contributed by atoms with Crippen LogP contribution in [0.1, 0.15) is 67.2 Å². The highest BCUT2D eigenvalue weighted by molar-refractivity contribution is 8.01. The Labute approximate surface area is 183 Å². The number of fused-ring (bicyclic) bond motifs is 3. The SMILES string of the molecule is CC(C)(C)c1ccc(C(=O)[C@]23c4ccccc4S[C@@]2(C)C[C@@H]3c2ccccn2)cc1. The zero-order chi connectivity index (χ0) is 21.1. The van der Waals surface area contributed by atoms with Gasteiger partial charge in [0.15, 0.2) is 5.78 Å². The summed E-state index contributed by atoms with van der Waals surface area (Å²) in [6, 6.07) is 22.8. The van der Waals surface area contributed by atoms with Gasteiger partial charge in [-0.1, -0.05) is 69.3 Å². The number of thioether (sulfide) groups is 1. The Bertz CT molecular complexity index is 1120. The maximum absolute atomic E-state index is 14.3. The summed E-state index contributed by atoms with van der Waals surface area (Å²) < 4.78 is -0.154. The van der Waals surface area contributed by atoms with Crippen molar-refractivity contribution in [3.05, 3.63) is 95.3 Å². The van der Waals surface area contributed by atoms with Crippen molar-refractivity contribution < 1.29 is 4.79 Å². The predicted octanol–water partition coefficient (Wildman–Crippen LogP) is 6.55. The van der Waals surface area contributed by atoms with E-state index in [1.807, 2.05) is 42.2 Å². The fraction of sp³-hybridized carbons (Fsp3) is 0.333. The number of pyridine rings is 1. The molecule has 5 rings (SSSR count). The lowest BCUT2D eigenvalue weighted by molar-refractivity contribution is 0.0637. The van der Waals surface area contributed by atoms with Crippen LogP contribution in [0.15, 0.2) is 77.8 Å². The first-order chi connectivity index (χ1) is 14.3. The van der Waals surface area contributed by atoms with Gasteiger partial charge in [-0.05, 0) is 48.1 Å². The van der Waals surface area contributed by atoms with E-state index in [0.717, 1.165) is 17.7 Å². The van der Waals surface area contributed by atoms with Gasteiger partial charge in [-0.2, -0.15) is 0 Å². The van der Waals surface area contributed by atoms with Crippen molar-refractivity contribution >= 4 is 17.5 Å². The van der Waals surface area contributed by atoms with E-state index < -0.39 is 5.41 Å². The summed E-state index contributed by atoms with van der Waals surface area (Å²) in [6.07, 6.45) is 2.80. The van der Waals surface area contributed by atoms with Gasteiger partial charge in [0, 0.05) is 33.0 Å². The molecule has 0 spiro atoms. The lowest BCUT2D eigenvalue weighted by Crippen LogP contribution is -2.64. The van der Waals surface area contributed by atoms with E-state index in [0.29, 0.717) is 0 Å². The Hall–Kier alpha value is -2.39. The molecule has 3 atom stereocenters. The van der Waals surface area contributed by atoms with Crippen LogP contribution in [-0.4, -0.2) is 15.5 Å². The normalized spacial score (nSPS) is 27.1. The van der Waals surface area contributed by atoms with E-state index >= 15 is 0 Å². The molecule has 1 aromatic heterocycles. The van der Waals surface area contributed by atoms with Crippen LogP contribution < -0.4 is 0 Å². The minimum absolute atomic E-state index is 0.0666. The molecule has 3 aromatic rings. The second-order valence-electron chi connectivity index (χ2n) is 9.80. The quantitative estimate of drug-likeness (QED) is 0.456. The molecule has 0 unspecified atom stereocenters. The molecule has 1 aliphatic carbocycles. The van der Waals surface area contributed by atoms with Gasteiger partial charge < -0.3 is 0 Å². The fourth-order valence-electron chi connectivity index (χ4n) is 5.44. The summed E-state index contributed by atoms with van der Waals surface area (Å²) in [7, 11) is 0. The number of ketones is 1. The van der Waals surface area contributed by atoms with Crippen LogP contribution in [0.3, 0.4) is 0 Å². The molecule has 152 valence electrons. The number of carbonyl (C=O) groups excluding carboxylic acids is 1. The van der Waals surface area contributed by atoms with Crippen molar-refractivity contribution in [2.24, 2.45) is 0 Å². The van der Waals surface area contributed by atoms with Crippen LogP contribution in [0.25, 0.3) is 0 Å². The lowest BCUT2D eigenvalue weighted by Gasteiger charge is -2.58. The Morgan fingerprint density at radius 3 is 2.37 bits per heavy atom. The summed E-state index contributed by atoms with van der Waals surface area (Å²) in [5.74, 6) is 0.319. The maximum atomic E-state index is 14.3. The van der Waals surface area contributed by atoms with Crippen LogP contribution in [0.5, 0.6) is 0 Å². The standard InChI is InChI=1S/C27H27NOS/c1-25(2,3)19-14-12-18(13-15-19)24(29)27-20-9-5-6-11-23(20)30-26(27,4)17-21(27)22-10-7-8-16-28-22/h5-16,21H,17H2,1-4H3/t21-,26+,27-/m1/s1. The third-order valence-corrected chi connectivity index (χ3v) is 8.53. The van der Waals surface area contributed by atoms with Crippen LogP contribution in [0.2, 0.25) is 0 Å². The van der Waals surface area contributed by atoms with Crippen LogP contribution in [0, 0.1) is 0 Å². The lowest BCUT2D eigenvalue weighted by atomic mass is 9.47. The minimum Gasteiger partial charge on any atom is -0.293 e. The van der Waals surface area contributed by atoms with Crippen LogP contribution in [0.4, 0.5) is 0 Å². The van der Waals surface area contributed by atoms with Gasteiger partial charge in [0.05, 0.1) is 5.41 Å². The molecule has 0 radical (unpaired) electrons. The van der Waals surface area contributed by atoms with E-state index in [-0.39, 0.29) is 21.9 Å². The highest BCUT2D eigenvalue weighted by Crippen LogP contribution is 2.73. The number of aromatic nitrogens is 1. The summed E-state index contributed by atoms with van der Waals surface area (Å²) in [5, 5.41) is 0. The topological polar surface area (TPSA) is 30.0 Å². The molecule has 2 aromatic carbocycles. The Kier molecular flexibility index (Phi) is 4.27. The number of hydrogen-bond donors (Lipinski definition) is 0. The highest BCUT2D eigenvalue weighted by atomic mass is 32.2. The predicted molar refractivity (Wildman–Crippen MR) is 123 cm³/mol. The molecular formula is C27H27NOS. The molecule has 0 N–H and O–H groups in total. The van der Waals surface area contributed by atoms with Gasteiger partial charge in [0.1, 0.15) is 0 Å². The van der Waals surface area contributed by atoms with Crippen molar-refractivity contribution in [1.82, 2.24) is 4.98 Å². The largest absolute Gasteiger partial charge is 0.293 e. The minimum atomic E-state index is -0.578. The zero-order valence-corrected chi connectivity index (χ0v) is 18.8. The van der Waals surface area contributed by atoms with Gasteiger partial charge in [-0.3, -0.25) is 9.78 Å². The summed E-state index contributed by atoms with van der Waals surface area (Å²) >= 11 is 1.87. The van der Waals surface area contributed by atoms with Crippen molar-refractivity contribution in [3.8, 4) is 0 Å². The zero-order valence-electron chi connectivity index (χ0n) is 18.0. The number of benzene rings is 2. The first-order valence-electron chi connectivity index (χ1n) is 10.6. The molecule has 0 amide bonds. The van der Waals surface area contributed by atoms with Gasteiger partial charge in [-0.25, -0.2) is 0 Å². The Balaban J connectivity index is 1.67. The average molecular weight is 414 g/mol. The number of hydrogen-bond acceptors (Lipinski definition) is 3. The number of Topliss-reactive ketones (excluding diaryl/α,β-unsaturated/α-hetero) is 1. The summed E-state index contributed by atoms with van der Waals surface area (Å²) in [4.78, 5) is 20.2. The van der Waals surface area contributed by atoms with Crippen molar-refractivity contribution in [2.75, 3.05) is 0 Å². The maximum Gasteiger partial charge on any atom is 0.175 e. The molecule has 1 fully saturated rings. The van der Waals surface area contributed by atoms with Gasteiger partial charge in [0.25, 0.3) is 0 Å². The van der Waals surface area contributed by atoms with E-state index in [1.165, 1.54) is 16.0 Å². The number of rotatable bonds is 3. The van der Waals surface area contributed by atoms with E-state index in [4.69, 9.17) is 0 Å². The smallest absolute Gasteiger partial charge is 0.175 e. The molecular weight excluding hydrogens is 386 g/mol. The molecule has 2 nitrogen and oxygen atoms in total. The Morgan fingerprint density at radius 2 is 1.70 bits per heavy atom. The number of carbonyl (C=O) groups is 1. The molecule has 1 aliphatic heterocycles. The van der Waals surface area contributed by atoms with Crippen molar-refractivity contribution in [3.63, 3.8) is 0 Å². The molecule has 0 bridgehead atoms. The first-order valence-corrected chi connectivity index (χ1v) is 11.4. The van der Waals surface area contributed by atoms with Crippen LogP contribution in [-0.2, 0) is 10.8 Å². The van der Waals surface area contributed by atoms with Crippen molar-refractivity contribution in [1.29, 1.82) is 0 Å². The van der Waals surface area contributed by atoms with Crippen LogP contribution >= 0.6 is 11.8 Å². The van der Waals surface area contributed by atoms with E-state index in [9.17, 15) is 4.79 Å². The number of nitrogens with zero attached hydrogens (tertiary/aromatic N) is 1. The molecule has 1 saturated carbocycles. The van der Waals surface area contributed by atoms with Gasteiger partial charge >= 0.3 is 0 Å². The molecule has 2 heterocycles. The fourth-order valence-corrected chi connectivity index (χ4v) is 7.17. The molecule has 0 saturated heterocycles.